The van der Waals surface area contributed by atoms with Crippen LogP contribution in [0.4, 0.5) is 5.13 Å². The summed E-state index contributed by atoms with van der Waals surface area (Å²) < 4.78 is 28.6. The van der Waals surface area contributed by atoms with Crippen LogP contribution in [0.3, 0.4) is 0 Å². The highest BCUT2D eigenvalue weighted by Crippen LogP contribution is 2.25. The van der Waals surface area contributed by atoms with E-state index in [9.17, 15) is 8.42 Å². The number of aromatic nitrogens is 2. The minimum absolute atomic E-state index is 0.120. The zero-order valence-electron chi connectivity index (χ0n) is 11.5. The van der Waals surface area contributed by atoms with Crippen LogP contribution in [-0.2, 0) is 30.1 Å². The Morgan fingerprint density at radius 2 is 2.20 bits per heavy atom. The molecule has 2 rings (SSSR count). The summed E-state index contributed by atoms with van der Waals surface area (Å²) in [5.74, 6) is 0. The van der Waals surface area contributed by atoms with Gasteiger partial charge >= 0.3 is 0 Å². The minimum Gasteiger partial charge on any atom is -0.390 e. The molecule has 110 valence electrons. The lowest BCUT2D eigenvalue weighted by Crippen LogP contribution is -2.12. The van der Waals surface area contributed by atoms with Gasteiger partial charge in [0.2, 0.25) is 0 Å². The molecule has 20 heavy (non-hydrogen) atoms. The second-order valence-electron chi connectivity index (χ2n) is 4.42. The van der Waals surface area contributed by atoms with E-state index in [-0.39, 0.29) is 11.5 Å². The minimum atomic E-state index is -3.67. The van der Waals surface area contributed by atoms with Crippen molar-refractivity contribution >= 4 is 26.5 Å². The van der Waals surface area contributed by atoms with Gasteiger partial charge in [0.15, 0.2) is 5.13 Å². The molecular formula is C12H17N3O3S2. The van der Waals surface area contributed by atoms with Gasteiger partial charge in [0, 0.05) is 23.8 Å². The summed E-state index contributed by atoms with van der Waals surface area (Å²) in [7, 11) is -1.98. The van der Waals surface area contributed by atoms with Crippen LogP contribution < -0.4 is 4.72 Å². The topological polar surface area (TPSA) is 84.2 Å². The first-order chi connectivity index (χ1) is 9.37. The number of aryl methyl sites for hydroxylation is 3. The predicted molar refractivity (Wildman–Crippen MR) is 78.4 cm³/mol. The molecule has 0 aliphatic rings. The average Bonchev–Trinajstić information content (AvgIpc) is 2.92. The Balaban J connectivity index is 2.30. The number of thiazole rings is 1. The van der Waals surface area contributed by atoms with Gasteiger partial charge in [-0.15, -0.1) is 11.3 Å². The Labute approximate surface area is 122 Å². The predicted octanol–water partition coefficient (Wildman–Crippen LogP) is 1.65. The molecule has 8 heteroatoms. The molecule has 2 aromatic rings. The number of nitrogens with zero attached hydrogens (tertiary/aromatic N) is 2. The highest BCUT2D eigenvalue weighted by molar-refractivity contribution is 7.93. The molecule has 0 bridgehead atoms. The van der Waals surface area contributed by atoms with E-state index in [1.165, 1.54) is 23.6 Å². The molecule has 0 saturated heterocycles. The lowest BCUT2D eigenvalue weighted by Gasteiger charge is -2.01. The maximum atomic E-state index is 12.3. The molecule has 0 atom stereocenters. The van der Waals surface area contributed by atoms with Crippen LogP contribution in [0.1, 0.15) is 23.2 Å². The van der Waals surface area contributed by atoms with Crippen molar-refractivity contribution < 1.29 is 13.5 Å². The van der Waals surface area contributed by atoms with E-state index in [2.05, 4.69) is 9.71 Å². The van der Waals surface area contributed by atoms with E-state index < -0.39 is 10.0 Å². The fourth-order valence-corrected chi connectivity index (χ4v) is 4.09. The average molecular weight is 315 g/mol. The maximum Gasteiger partial charge on any atom is 0.265 e. The van der Waals surface area contributed by atoms with Crippen molar-refractivity contribution in [3.05, 3.63) is 28.5 Å². The molecule has 0 saturated carbocycles. The standard InChI is InChI=1S/C12H17N3O3S2/c1-4-11-8(2)19-12(13-11)14-20(17,18)10-5-9(7-16)15(3)6-10/h5-6,16H,4,7H2,1-3H3,(H,13,14). The smallest absolute Gasteiger partial charge is 0.265 e. The molecular weight excluding hydrogens is 298 g/mol. The molecule has 0 aromatic carbocycles. The number of hydrogen-bond acceptors (Lipinski definition) is 5. The number of sulfonamides is 1. The number of rotatable bonds is 5. The first-order valence-corrected chi connectivity index (χ1v) is 8.42. The number of hydrogen-bond donors (Lipinski definition) is 2. The molecule has 2 aromatic heterocycles. The third-order valence-corrected chi connectivity index (χ3v) is 5.37. The van der Waals surface area contributed by atoms with Crippen molar-refractivity contribution in [3.8, 4) is 0 Å². The number of aliphatic hydroxyl groups excluding tert-OH is 1. The van der Waals surface area contributed by atoms with E-state index in [1.807, 2.05) is 13.8 Å². The molecule has 0 unspecified atom stereocenters. The molecule has 0 aliphatic heterocycles. The lowest BCUT2D eigenvalue weighted by molar-refractivity contribution is 0.272. The molecule has 0 fully saturated rings. The highest BCUT2D eigenvalue weighted by Gasteiger charge is 2.19. The molecule has 0 aliphatic carbocycles. The largest absolute Gasteiger partial charge is 0.390 e. The maximum absolute atomic E-state index is 12.3. The van der Waals surface area contributed by atoms with Gasteiger partial charge in [0.1, 0.15) is 4.90 Å². The van der Waals surface area contributed by atoms with Gasteiger partial charge in [-0.05, 0) is 19.4 Å². The molecule has 0 spiro atoms. The molecule has 6 nitrogen and oxygen atoms in total. The third kappa shape index (κ3) is 2.87. The Morgan fingerprint density at radius 3 is 2.70 bits per heavy atom. The number of aliphatic hydroxyl groups is 1. The van der Waals surface area contributed by atoms with Crippen LogP contribution in [0.15, 0.2) is 17.2 Å². The summed E-state index contributed by atoms with van der Waals surface area (Å²) in [6.45, 7) is 3.69. The van der Waals surface area contributed by atoms with E-state index in [1.54, 1.807) is 11.6 Å². The molecule has 0 radical (unpaired) electrons. The number of anilines is 1. The van der Waals surface area contributed by atoms with Gasteiger partial charge in [-0.1, -0.05) is 6.92 Å². The fourth-order valence-electron chi connectivity index (χ4n) is 1.85. The van der Waals surface area contributed by atoms with Crippen LogP contribution in [0, 0.1) is 6.92 Å². The SMILES string of the molecule is CCc1nc(NS(=O)(=O)c2cc(CO)n(C)c2)sc1C. The van der Waals surface area contributed by atoms with Crippen LogP contribution >= 0.6 is 11.3 Å². The second-order valence-corrected chi connectivity index (χ2v) is 7.30. The van der Waals surface area contributed by atoms with Gasteiger partial charge in [0.25, 0.3) is 10.0 Å². The van der Waals surface area contributed by atoms with Crippen molar-refractivity contribution in [2.75, 3.05) is 4.72 Å². The second kappa shape index (κ2) is 5.55. The van der Waals surface area contributed by atoms with Gasteiger partial charge in [-0.3, -0.25) is 4.72 Å². The van der Waals surface area contributed by atoms with Crippen molar-refractivity contribution in [1.29, 1.82) is 0 Å². The van der Waals surface area contributed by atoms with Crippen LogP contribution in [0.5, 0.6) is 0 Å². The summed E-state index contributed by atoms with van der Waals surface area (Å²) in [4.78, 5) is 5.39. The van der Waals surface area contributed by atoms with Gasteiger partial charge in [0.05, 0.1) is 12.3 Å². The van der Waals surface area contributed by atoms with Crippen molar-refractivity contribution in [2.45, 2.75) is 31.8 Å². The van der Waals surface area contributed by atoms with E-state index in [4.69, 9.17) is 5.11 Å². The summed E-state index contributed by atoms with van der Waals surface area (Å²) in [5, 5.41) is 9.48. The lowest BCUT2D eigenvalue weighted by atomic mass is 10.3. The van der Waals surface area contributed by atoms with Crippen LogP contribution in [0.2, 0.25) is 0 Å². The van der Waals surface area contributed by atoms with Gasteiger partial charge in [-0.25, -0.2) is 13.4 Å². The van der Waals surface area contributed by atoms with Crippen LogP contribution in [-0.4, -0.2) is 23.1 Å². The molecule has 2 heterocycles. The Hall–Kier alpha value is -1.38. The van der Waals surface area contributed by atoms with Crippen molar-refractivity contribution in [1.82, 2.24) is 9.55 Å². The fraction of sp³-hybridized carbons (Fsp3) is 0.417. The van der Waals surface area contributed by atoms with Gasteiger partial charge in [-0.2, -0.15) is 0 Å². The van der Waals surface area contributed by atoms with E-state index >= 15 is 0 Å². The Morgan fingerprint density at radius 1 is 1.50 bits per heavy atom. The summed E-state index contributed by atoms with van der Waals surface area (Å²) in [5.41, 5.74) is 1.44. The van der Waals surface area contributed by atoms with E-state index in [0.29, 0.717) is 10.8 Å². The first-order valence-electron chi connectivity index (χ1n) is 6.12. The normalized spacial score (nSPS) is 11.8. The summed E-state index contributed by atoms with van der Waals surface area (Å²) >= 11 is 1.32. The molecule has 0 amide bonds. The summed E-state index contributed by atoms with van der Waals surface area (Å²) in [6.07, 6.45) is 2.24. The van der Waals surface area contributed by atoms with Crippen molar-refractivity contribution in [2.24, 2.45) is 7.05 Å². The summed E-state index contributed by atoms with van der Waals surface area (Å²) in [6, 6.07) is 1.45. The monoisotopic (exact) mass is 315 g/mol. The number of nitrogens with one attached hydrogen (secondary N) is 1. The zero-order chi connectivity index (χ0) is 14.9. The van der Waals surface area contributed by atoms with Gasteiger partial charge < -0.3 is 9.67 Å². The van der Waals surface area contributed by atoms with E-state index in [0.717, 1.165) is 17.0 Å². The van der Waals surface area contributed by atoms with Crippen LogP contribution in [0.25, 0.3) is 0 Å². The molecule has 2 N–H and O–H groups in total. The van der Waals surface area contributed by atoms with Crippen molar-refractivity contribution in [3.63, 3.8) is 0 Å². The first kappa shape index (κ1) is 15.0. The Kier molecular flexibility index (Phi) is 4.17. The Bertz CT molecular complexity index is 716. The third-order valence-electron chi connectivity index (χ3n) is 3.00. The zero-order valence-corrected chi connectivity index (χ0v) is 13.2. The highest BCUT2D eigenvalue weighted by atomic mass is 32.2. The quantitative estimate of drug-likeness (QED) is 0.878.